The molecule has 1 heterocycles. The number of carbonyl (C=O) groups excluding carboxylic acids is 2. The fraction of sp³-hybridized carbons (Fsp3) is 0.194. The predicted molar refractivity (Wildman–Crippen MR) is 152 cm³/mol. The Morgan fingerprint density at radius 2 is 1.68 bits per heavy atom. The van der Waals surface area contributed by atoms with Crippen molar-refractivity contribution < 1.29 is 14.3 Å². The van der Waals surface area contributed by atoms with Crippen LogP contribution in [0, 0.1) is 18.3 Å². The van der Waals surface area contributed by atoms with Crippen molar-refractivity contribution in [3.63, 3.8) is 0 Å². The fourth-order valence-electron chi connectivity index (χ4n) is 4.32. The third-order valence-corrected chi connectivity index (χ3v) is 7.19. The average molecular weight is 524 g/mol. The molecule has 0 saturated carbocycles. The first-order valence-corrected chi connectivity index (χ1v) is 13.3. The number of para-hydroxylation sites is 2. The summed E-state index contributed by atoms with van der Waals surface area (Å²) in [6, 6.07) is 26.4. The van der Waals surface area contributed by atoms with Crippen LogP contribution in [0.5, 0.6) is 5.75 Å². The van der Waals surface area contributed by atoms with Crippen LogP contribution in [-0.2, 0) is 4.79 Å². The minimum Gasteiger partial charge on any atom is -0.494 e. The molecule has 4 rings (SSSR count). The number of amides is 1. The number of anilines is 1. The highest BCUT2D eigenvalue weighted by atomic mass is 32.2. The number of allylic oxidation sites excluding steroid dienone is 2. The number of hydrogen-bond donors (Lipinski definition) is 2. The number of Topliss-reactive ketones (excluding diaryl/α,β-unsaturated/α-hetero) is 1. The Bertz CT molecular complexity index is 1440. The molecule has 3 aromatic carbocycles. The molecule has 1 amide bonds. The molecule has 0 bridgehead atoms. The van der Waals surface area contributed by atoms with E-state index in [-0.39, 0.29) is 17.4 Å². The van der Waals surface area contributed by atoms with Gasteiger partial charge in [-0.05, 0) is 39.0 Å². The van der Waals surface area contributed by atoms with Gasteiger partial charge in [-0.1, -0.05) is 78.0 Å². The molecule has 0 saturated heterocycles. The van der Waals surface area contributed by atoms with Crippen LogP contribution in [0.2, 0.25) is 0 Å². The van der Waals surface area contributed by atoms with Crippen LogP contribution in [0.4, 0.5) is 5.69 Å². The summed E-state index contributed by atoms with van der Waals surface area (Å²) in [5.74, 6) is -0.278. The summed E-state index contributed by atoms with van der Waals surface area (Å²) in [5.41, 5.74) is 4.46. The van der Waals surface area contributed by atoms with Crippen molar-refractivity contribution in [2.45, 2.75) is 26.7 Å². The van der Waals surface area contributed by atoms with E-state index in [1.54, 1.807) is 0 Å². The normalized spacial score (nSPS) is 14.9. The number of dihydropyridines is 1. The van der Waals surface area contributed by atoms with Gasteiger partial charge in [-0.15, -0.1) is 0 Å². The molecule has 0 aromatic heterocycles. The van der Waals surface area contributed by atoms with Gasteiger partial charge < -0.3 is 15.4 Å². The van der Waals surface area contributed by atoms with E-state index in [1.165, 1.54) is 11.8 Å². The second-order valence-corrected chi connectivity index (χ2v) is 9.81. The third kappa shape index (κ3) is 5.99. The highest BCUT2D eigenvalue weighted by Crippen LogP contribution is 2.44. The van der Waals surface area contributed by atoms with Crippen molar-refractivity contribution in [2.75, 3.05) is 17.7 Å². The van der Waals surface area contributed by atoms with E-state index in [0.717, 1.165) is 5.56 Å². The number of aryl methyl sites for hydroxylation is 1. The van der Waals surface area contributed by atoms with Crippen molar-refractivity contribution in [2.24, 2.45) is 0 Å². The summed E-state index contributed by atoms with van der Waals surface area (Å²) in [4.78, 5) is 26.5. The van der Waals surface area contributed by atoms with Gasteiger partial charge in [-0.2, -0.15) is 5.26 Å². The summed E-state index contributed by atoms with van der Waals surface area (Å²) in [5, 5.41) is 17.1. The Morgan fingerprint density at radius 3 is 2.37 bits per heavy atom. The van der Waals surface area contributed by atoms with Crippen LogP contribution >= 0.6 is 11.8 Å². The molecule has 6 nitrogen and oxygen atoms in total. The van der Waals surface area contributed by atoms with Crippen LogP contribution in [0.1, 0.15) is 41.3 Å². The number of ketones is 1. The Morgan fingerprint density at radius 1 is 1.00 bits per heavy atom. The number of ether oxygens (including phenoxy) is 1. The van der Waals surface area contributed by atoms with Crippen LogP contribution in [-0.4, -0.2) is 24.1 Å². The van der Waals surface area contributed by atoms with Gasteiger partial charge in [-0.25, -0.2) is 0 Å². The van der Waals surface area contributed by atoms with Gasteiger partial charge in [0.2, 0.25) is 0 Å². The number of benzene rings is 3. The summed E-state index contributed by atoms with van der Waals surface area (Å²) in [7, 11) is 0. The lowest BCUT2D eigenvalue weighted by atomic mass is 9.81. The zero-order valence-corrected chi connectivity index (χ0v) is 22.4. The molecular weight excluding hydrogens is 494 g/mol. The molecule has 0 spiro atoms. The molecule has 1 aliphatic heterocycles. The first kappa shape index (κ1) is 26.8. The topological polar surface area (TPSA) is 91.2 Å². The summed E-state index contributed by atoms with van der Waals surface area (Å²) < 4.78 is 5.90. The fourth-order valence-corrected chi connectivity index (χ4v) is 5.31. The zero-order valence-electron chi connectivity index (χ0n) is 21.6. The van der Waals surface area contributed by atoms with Crippen molar-refractivity contribution in [1.29, 1.82) is 5.26 Å². The van der Waals surface area contributed by atoms with Gasteiger partial charge in [0.15, 0.2) is 5.78 Å². The molecule has 0 radical (unpaired) electrons. The number of thioether (sulfide) groups is 1. The second-order valence-electron chi connectivity index (χ2n) is 8.82. The van der Waals surface area contributed by atoms with Gasteiger partial charge in [0, 0.05) is 28.1 Å². The van der Waals surface area contributed by atoms with Crippen LogP contribution in [0.25, 0.3) is 0 Å². The first-order chi connectivity index (χ1) is 18.4. The standard InChI is InChI=1S/C31H29N3O3S/c1-4-37-27-13-9-8-12-24(27)29-25(18-32)31(38-19-26(35)22-16-14-20(2)15-17-22)33-21(3)28(29)30(36)34-23-10-6-5-7-11-23/h5-17,29,33H,4,19H2,1-3H3,(H,34,36). The SMILES string of the molecule is CCOc1ccccc1C1C(C#N)=C(SCC(=O)c2ccc(C)cc2)NC(C)=C1C(=O)Nc1ccccc1. The lowest BCUT2D eigenvalue weighted by molar-refractivity contribution is -0.113. The molecule has 1 atom stereocenters. The lowest BCUT2D eigenvalue weighted by Crippen LogP contribution is -2.31. The average Bonchev–Trinajstić information content (AvgIpc) is 2.92. The van der Waals surface area contributed by atoms with E-state index in [1.807, 2.05) is 99.6 Å². The van der Waals surface area contributed by atoms with Crippen molar-refractivity contribution in [3.8, 4) is 11.8 Å². The molecule has 0 aliphatic carbocycles. The number of rotatable bonds is 9. The number of carbonyl (C=O) groups is 2. The van der Waals surface area contributed by atoms with Crippen LogP contribution < -0.4 is 15.4 Å². The molecule has 7 heteroatoms. The molecule has 3 aromatic rings. The van der Waals surface area contributed by atoms with E-state index >= 15 is 0 Å². The Balaban J connectivity index is 1.73. The molecule has 1 aliphatic rings. The Kier molecular flexibility index (Phi) is 8.67. The van der Waals surface area contributed by atoms with Gasteiger partial charge in [0.25, 0.3) is 5.91 Å². The lowest BCUT2D eigenvalue weighted by Gasteiger charge is -2.30. The summed E-state index contributed by atoms with van der Waals surface area (Å²) in [6.45, 7) is 6.11. The molecule has 192 valence electrons. The Hall–Kier alpha value is -4.28. The number of hydrogen-bond acceptors (Lipinski definition) is 6. The quantitative estimate of drug-likeness (QED) is 0.318. The maximum absolute atomic E-state index is 13.6. The number of nitrogens with zero attached hydrogens (tertiary/aromatic N) is 1. The predicted octanol–water partition coefficient (Wildman–Crippen LogP) is 6.34. The highest BCUT2D eigenvalue weighted by Gasteiger charge is 2.36. The maximum Gasteiger partial charge on any atom is 0.254 e. The monoisotopic (exact) mass is 523 g/mol. The maximum atomic E-state index is 13.6. The van der Waals surface area contributed by atoms with Crippen LogP contribution in [0.15, 0.2) is 101 Å². The summed E-state index contributed by atoms with van der Waals surface area (Å²) >= 11 is 1.27. The van der Waals surface area contributed by atoms with Gasteiger partial charge in [-0.3, -0.25) is 9.59 Å². The van der Waals surface area contributed by atoms with Gasteiger partial charge in [0.1, 0.15) is 5.75 Å². The molecule has 1 unspecified atom stereocenters. The van der Waals surface area contributed by atoms with Gasteiger partial charge in [0.05, 0.1) is 34.9 Å². The minimum absolute atomic E-state index is 0.0397. The smallest absolute Gasteiger partial charge is 0.254 e. The zero-order chi connectivity index (χ0) is 27.1. The summed E-state index contributed by atoms with van der Waals surface area (Å²) in [6.07, 6.45) is 0. The molecule has 2 N–H and O–H groups in total. The largest absolute Gasteiger partial charge is 0.494 e. The van der Waals surface area contributed by atoms with E-state index < -0.39 is 5.92 Å². The van der Waals surface area contributed by atoms with Crippen molar-refractivity contribution in [3.05, 3.63) is 117 Å². The van der Waals surface area contributed by atoms with Gasteiger partial charge >= 0.3 is 0 Å². The van der Waals surface area contributed by atoms with E-state index in [4.69, 9.17) is 4.74 Å². The molecule has 0 fully saturated rings. The number of nitrogens with one attached hydrogen (secondary N) is 2. The molecule has 38 heavy (non-hydrogen) atoms. The first-order valence-electron chi connectivity index (χ1n) is 12.4. The Labute approximate surface area is 227 Å². The van der Waals surface area contributed by atoms with Crippen molar-refractivity contribution >= 4 is 29.1 Å². The van der Waals surface area contributed by atoms with Crippen LogP contribution in [0.3, 0.4) is 0 Å². The molecular formula is C31H29N3O3S. The van der Waals surface area contributed by atoms with E-state index in [2.05, 4.69) is 16.7 Å². The third-order valence-electron chi connectivity index (χ3n) is 6.17. The highest BCUT2D eigenvalue weighted by molar-refractivity contribution is 8.03. The van der Waals surface area contributed by atoms with E-state index in [0.29, 0.717) is 51.0 Å². The van der Waals surface area contributed by atoms with Crippen molar-refractivity contribution in [1.82, 2.24) is 5.32 Å². The number of nitriles is 1. The second kappa shape index (κ2) is 12.3. The van der Waals surface area contributed by atoms with E-state index in [9.17, 15) is 14.9 Å². The minimum atomic E-state index is -0.676.